The van der Waals surface area contributed by atoms with Crippen LogP contribution < -0.4 is 15.5 Å². The topological polar surface area (TPSA) is 73.2 Å². The molecule has 1 amide bonds. The van der Waals surface area contributed by atoms with Gasteiger partial charge in [-0.05, 0) is 44.0 Å². The molecule has 0 radical (unpaired) electrons. The summed E-state index contributed by atoms with van der Waals surface area (Å²) in [5.74, 6) is -0.0933. The van der Waals surface area contributed by atoms with Crippen LogP contribution in [0.4, 0.5) is 13.2 Å². The van der Waals surface area contributed by atoms with Crippen molar-refractivity contribution >= 4 is 5.91 Å². The molecule has 0 unspecified atom stereocenters. The van der Waals surface area contributed by atoms with Gasteiger partial charge in [0.05, 0.1) is 18.4 Å². The molecule has 0 saturated carbocycles. The van der Waals surface area contributed by atoms with E-state index in [9.17, 15) is 22.8 Å². The van der Waals surface area contributed by atoms with Crippen molar-refractivity contribution < 1.29 is 22.7 Å². The number of ether oxygens (including phenoxy) is 1. The Labute approximate surface area is 182 Å². The van der Waals surface area contributed by atoms with Gasteiger partial charge in [0.1, 0.15) is 5.75 Å². The van der Waals surface area contributed by atoms with Crippen molar-refractivity contribution in [1.29, 1.82) is 0 Å². The van der Waals surface area contributed by atoms with Crippen LogP contribution in [-0.4, -0.2) is 29.3 Å². The van der Waals surface area contributed by atoms with Gasteiger partial charge < -0.3 is 10.1 Å². The number of hydrogen-bond donors (Lipinski definition) is 1. The van der Waals surface area contributed by atoms with E-state index < -0.39 is 28.8 Å². The number of aryl methyl sites for hydroxylation is 2. The number of nitrogens with zero attached hydrogens (tertiary/aromatic N) is 2. The van der Waals surface area contributed by atoms with Crippen molar-refractivity contribution in [3.8, 4) is 11.4 Å². The first-order valence-corrected chi connectivity index (χ1v) is 9.81. The van der Waals surface area contributed by atoms with Crippen LogP contribution in [0.1, 0.15) is 32.9 Å². The first-order chi connectivity index (χ1) is 15.1. The summed E-state index contributed by atoms with van der Waals surface area (Å²) >= 11 is 0. The summed E-state index contributed by atoms with van der Waals surface area (Å²) in [5.41, 5.74) is -0.265. The van der Waals surface area contributed by atoms with Gasteiger partial charge in [0.25, 0.3) is 5.91 Å². The number of nitrogens with one attached hydrogen (secondary N) is 1. The van der Waals surface area contributed by atoms with Crippen LogP contribution >= 0.6 is 0 Å². The zero-order valence-electron chi connectivity index (χ0n) is 17.8. The van der Waals surface area contributed by atoms with E-state index in [1.807, 2.05) is 25.1 Å². The fraction of sp³-hybridized carbons (Fsp3) is 0.261. The molecule has 0 atom stereocenters. The minimum atomic E-state index is -4.62. The lowest BCUT2D eigenvalue weighted by atomic mass is 10.1. The van der Waals surface area contributed by atoms with Crippen LogP contribution in [0.5, 0.6) is 5.75 Å². The van der Waals surface area contributed by atoms with Gasteiger partial charge in [0, 0.05) is 18.3 Å². The molecule has 1 N–H and O–H groups in total. The molecular weight excluding hydrogens is 423 g/mol. The van der Waals surface area contributed by atoms with Crippen LogP contribution in [0.3, 0.4) is 0 Å². The minimum absolute atomic E-state index is 0.174. The minimum Gasteiger partial charge on any atom is -0.496 e. The second kappa shape index (κ2) is 9.25. The molecule has 1 heterocycles. The SMILES string of the molecule is COc1ccc(C)cc1CCNC(=O)c1nn(-c2ccccc2C(F)(F)F)c(C)cc1=O. The Morgan fingerprint density at radius 3 is 2.53 bits per heavy atom. The van der Waals surface area contributed by atoms with E-state index >= 15 is 0 Å². The lowest BCUT2D eigenvalue weighted by molar-refractivity contribution is -0.137. The molecule has 0 spiro atoms. The Morgan fingerprint density at radius 2 is 1.84 bits per heavy atom. The highest BCUT2D eigenvalue weighted by Gasteiger charge is 2.34. The van der Waals surface area contributed by atoms with Crippen molar-refractivity contribution in [1.82, 2.24) is 15.1 Å². The molecule has 0 fully saturated rings. The summed E-state index contributed by atoms with van der Waals surface area (Å²) in [6.45, 7) is 3.57. The summed E-state index contributed by atoms with van der Waals surface area (Å²) in [4.78, 5) is 25.0. The number of para-hydroxylation sites is 1. The summed E-state index contributed by atoms with van der Waals surface area (Å²) in [7, 11) is 1.55. The number of carbonyl (C=O) groups excluding carboxylic acids is 1. The Morgan fingerprint density at radius 1 is 1.12 bits per heavy atom. The molecule has 9 heteroatoms. The zero-order valence-corrected chi connectivity index (χ0v) is 17.8. The van der Waals surface area contributed by atoms with E-state index in [1.165, 1.54) is 25.1 Å². The maximum Gasteiger partial charge on any atom is 0.418 e. The van der Waals surface area contributed by atoms with E-state index in [0.29, 0.717) is 12.2 Å². The largest absolute Gasteiger partial charge is 0.496 e. The molecule has 0 bridgehead atoms. The fourth-order valence-electron chi connectivity index (χ4n) is 3.34. The van der Waals surface area contributed by atoms with E-state index in [1.54, 1.807) is 7.11 Å². The van der Waals surface area contributed by atoms with Gasteiger partial charge in [-0.25, -0.2) is 4.68 Å². The van der Waals surface area contributed by atoms with Gasteiger partial charge in [-0.1, -0.05) is 29.8 Å². The van der Waals surface area contributed by atoms with Crippen LogP contribution in [0, 0.1) is 13.8 Å². The van der Waals surface area contributed by atoms with Crippen LogP contribution in [0.2, 0.25) is 0 Å². The van der Waals surface area contributed by atoms with Gasteiger partial charge in [0.15, 0.2) is 5.69 Å². The number of benzene rings is 2. The van der Waals surface area contributed by atoms with Crippen molar-refractivity contribution in [2.24, 2.45) is 0 Å². The van der Waals surface area contributed by atoms with Crippen molar-refractivity contribution in [3.05, 3.63) is 86.8 Å². The highest BCUT2D eigenvalue weighted by molar-refractivity contribution is 5.92. The normalized spacial score (nSPS) is 11.3. The monoisotopic (exact) mass is 445 g/mol. The maximum absolute atomic E-state index is 13.4. The van der Waals surface area contributed by atoms with Crippen LogP contribution in [-0.2, 0) is 12.6 Å². The number of hydrogen-bond acceptors (Lipinski definition) is 4. The summed E-state index contributed by atoms with van der Waals surface area (Å²) in [6, 6.07) is 11.6. The summed E-state index contributed by atoms with van der Waals surface area (Å²) in [6.07, 6.45) is -4.18. The van der Waals surface area contributed by atoms with Crippen LogP contribution in [0.15, 0.2) is 53.3 Å². The van der Waals surface area contributed by atoms with Crippen molar-refractivity contribution in [2.45, 2.75) is 26.4 Å². The fourth-order valence-corrected chi connectivity index (χ4v) is 3.34. The predicted octanol–water partition coefficient (Wildman–Crippen LogP) is 3.85. The van der Waals surface area contributed by atoms with Crippen molar-refractivity contribution in [3.63, 3.8) is 0 Å². The molecule has 0 aliphatic carbocycles. The predicted molar refractivity (Wildman–Crippen MR) is 113 cm³/mol. The first kappa shape index (κ1) is 23.1. The highest BCUT2D eigenvalue weighted by Crippen LogP contribution is 2.33. The Kier molecular flexibility index (Phi) is 6.67. The highest BCUT2D eigenvalue weighted by atomic mass is 19.4. The molecule has 0 aliphatic heterocycles. The van der Waals surface area contributed by atoms with Gasteiger partial charge in [0.2, 0.25) is 5.43 Å². The van der Waals surface area contributed by atoms with E-state index in [2.05, 4.69) is 10.4 Å². The number of amides is 1. The molecule has 0 aliphatic rings. The number of aromatic nitrogens is 2. The second-order valence-corrected chi connectivity index (χ2v) is 7.25. The maximum atomic E-state index is 13.4. The summed E-state index contributed by atoms with van der Waals surface area (Å²) in [5, 5.41) is 6.57. The smallest absolute Gasteiger partial charge is 0.418 e. The van der Waals surface area contributed by atoms with Gasteiger partial charge >= 0.3 is 6.18 Å². The van der Waals surface area contributed by atoms with Gasteiger partial charge in [-0.15, -0.1) is 0 Å². The molecule has 6 nitrogen and oxygen atoms in total. The molecule has 3 aromatic rings. The number of alkyl halides is 3. The zero-order chi connectivity index (χ0) is 23.5. The van der Waals surface area contributed by atoms with Gasteiger partial charge in [-0.3, -0.25) is 9.59 Å². The lowest BCUT2D eigenvalue weighted by Crippen LogP contribution is -2.33. The standard InChI is InChI=1S/C23H22F3N3O3/c1-14-8-9-20(32-3)16(12-14)10-11-27-22(31)21-19(30)13-15(2)29(28-21)18-7-5-4-6-17(18)23(24,25)26/h4-9,12-13H,10-11H2,1-3H3,(H,27,31). The van der Waals surface area contributed by atoms with Crippen LogP contribution in [0.25, 0.3) is 5.69 Å². The van der Waals surface area contributed by atoms with E-state index in [4.69, 9.17) is 4.74 Å². The second-order valence-electron chi connectivity index (χ2n) is 7.25. The molecule has 32 heavy (non-hydrogen) atoms. The quantitative estimate of drug-likeness (QED) is 0.626. The third-order valence-electron chi connectivity index (χ3n) is 4.88. The third-order valence-corrected chi connectivity index (χ3v) is 4.88. The van der Waals surface area contributed by atoms with Crippen molar-refractivity contribution in [2.75, 3.05) is 13.7 Å². The number of methoxy groups -OCH3 is 1. The Hall–Kier alpha value is -3.62. The summed E-state index contributed by atoms with van der Waals surface area (Å²) < 4.78 is 46.6. The molecule has 1 aromatic heterocycles. The Balaban J connectivity index is 1.86. The molecule has 168 valence electrons. The number of halogens is 3. The molecule has 0 saturated heterocycles. The molecule has 2 aromatic carbocycles. The molecular formula is C23H22F3N3O3. The average molecular weight is 445 g/mol. The first-order valence-electron chi connectivity index (χ1n) is 9.81. The lowest BCUT2D eigenvalue weighted by Gasteiger charge is -2.16. The number of rotatable bonds is 6. The Bertz CT molecular complexity index is 1200. The van der Waals surface area contributed by atoms with Gasteiger partial charge in [-0.2, -0.15) is 18.3 Å². The number of carbonyl (C=O) groups is 1. The van der Waals surface area contributed by atoms with E-state index in [-0.39, 0.29) is 17.9 Å². The average Bonchev–Trinajstić information content (AvgIpc) is 2.73. The third kappa shape index (κ3) is 4.99. The van der Waals surface area contributed by atoms with E-state index in [0.717, 1.165) is 27.9 Å². The molecule has 3 rings (SSSR count).